The molecule has 0 bridgehead atoms. The van der Waals surface area contributed by atoms with E-state index in [1.54, 1.807) is 48.5 Å². The first-order valence-corrected chi connectivity index (χ1v) is 9.83. The normalized spacial score (nSPS) is 10.1. The fourth-order valence-corrected chi connectivity index (χ4v) is 2.56. The summed E-state index contributed by atoms with van der Waals surface area (Å²) in [5, 5.41) is 11.4. The number of hydrogen-bond acceptors (Lipinski definition) is 4. The van der Waals surface area contributed by atoms with Crippen molar-refractivity contribution in [1.29, 1.82) is 0 Å². The van der Waals surface area contributed by atoms with Crippen LogP contribution in [0.3, 0.4) is 0 Å². The molecule has 0 spiro atoms. The van der Waals surface area contributed by atoms with Crippen molar-refractivity contribution in [3.8, 4) is 0 Å². The van der Waals surface area contributed by atoms with Crippen LogP contribution in [-0.2, 0) is 9.59 Å². The first-order chi connectivity index (χ1) is 14.0. The third kappa shape index (κ3) is 7.65. The maximum atomic E-state index is 12.1. The van der Waals surface area contributed by atoms with E-state index in [2.05, 4.69) is 21.3 Å². The van der Waals surface area contributed by atoms with Gasteiger partial charge in [0.25, 0.3) is 5.91 Å². The number of carbonyl (C=O) groups is 3. The quantitative estimate of drug-likeness (QED) is 0.493. The Kier molecular flexibility index (Phi) is 8.69. The maximum Gasteiger partial charge on any atom is 0.251 e. The molecule has 0 aliphatic carbocycles. The summed E-state index contributed by atoms with van der Waals surface area (Å²) in [6, 6.07) is 13.9. The van der Waals surface area contributed by atoms with Gasteiger partial charge in [-0.25, -0.2) is 0 Å². The van der Waals surface area contributed by atoms with Crippen LogP contribution in [0.2, 0.25) is 0 Å². The summed E-state index contributed by atoms with van der Waals surface area (Å²) in [4.78, 5) is 35.6. The fraction of sp³-hybridized carbons (Fsp3) is 0.318. The number of anilines is 3. The highest BCUT2D eigenvalue weighted by Crippen LogP contribution is 2.14. The van der Waals surface area contributed by atoms with Crippen LogP contribution in [0.25, 0.3) is 0 Å². The van der Waals surface area contributed by atoms with Gasteiger partial charge in [0.2, 0.25) is 11.8 Å². The van der Waals surface area contributed by atoms with E-state index in [9.17, 15) is 14.4 Å². The highest BCUT2D eigenvalue weighted by molar-refractivity contribution is 5.96. The Morgan fingerprint density at radius 1 is 0.724 bits per heavy atom. The van der Waals surface area contributed by atoms with Crippen molar-refractivity contribution in [3.63, 3.8) is 0 Å². The second-order valence-corrected chi connectivity index (χ2v) is 6.61. The minimum absolute atomic E-state index is 0.0125. The Hall–Kier alpha value is -3.35. The third-order valence-corrected chi connectivity index (χ3v) is 4.07. The van der Waals surface area contributed by atoms with Crippen molar-refractivity contribution in [2.75, 3.05) is 29.0 Å². The SMILES string of the molecule is CCCNC(=O)c1ccc(NC(=O)CNc2ccc(NC(=O)CCC)cc2)cc1. The lowest BCUT2D eigenvalue weighted by molar-refractivity contribution is -0.116. The third-order valence-electron chi connectivity index (χ3n) is 4.07. The van der Waals surface area contributed by atoms with E-state index in [0.29, 0.717) is 24.2 Å². The van der Waals surface area contributed by atoms with Crippen LogP contribution >= 0.6 is 0 Å². The summed E-state index contributed by atoms with van der Waals surface area (Å²) < 4.78 is 0. The molecule has 3 amide bonds. The Labute approximate surface area is 171 Å². The van der Waals surface area contributed by atoms with Crippen LogP contribution in [0.15, 0.2) is 48.5 Å². The van der Waals surface area contributed by atoms with E-state index in [-0.39, 0.29) is 24.3 Å². The van der Waals surface area contributed by atoms with E-state index in [0.717, 1.165) is 24.2 Å². The monoisotopic (exact) mass is 396 g/mol. The summed E-state index contributed by atoms with van der Waals surface area (Å²) in [5.41, 5.74) is 2.68. The Morgan fingerprint density at radius 2 is 1.28 bits per heavy atom. The van der Waals surface area contributed by atoms with E-state index < -0.39 is 0 Å². The van der Waals surface area contributed by atoms with Crippen LogP contribution in [0.4, 0.5) is 17.1 Å². The number of rotatable bonds is 10. The van der Waals surface area contributed by atoms with E-state index in [1.807, 2.05) is 13.8 Å². The topological polar surface area (TPSA) is 99.3 Å². The summed E-state index contributed by atoms with van der Waals surface area (Å²) in [7, 11) is 0. The molecular formula is C22H28N4O3. The van der Waals surface area contributed by atoms with Gasteiger partial charge < -0.3 is 21.3 Å². The van der Waals surface area contributed by atoms with Gasteiger partial charge in [0, 0.05) is 35.6 Å². The number of nitrogens with one attached hydrogen (secondary N) is 4. The smallest absolute Gasteiger partial charge is 0.251 e. The molecule has 0 aliphatic rings. The minimum atomic E-state index is -0.200. The van der Waals surface area contributed by atoms with Crippen molar-refractivity contribution >= 4 is 34.8 Å². The molecule has 29 heavy (non-hydrogen) atoms. The van der Waals surface area contributed by atoms with Gasteiger partial charge in [-0.1, -0.05) is 13.8 Å². The van der Waals surface area contributed by atoms with Crippen molar-refractivity contribution < 1.29 is 14.4 Å². The molecule has 0 atom stereocenters. The van der Waals surface area contributed by atoms with Gasteiger partial charge in [0.05, 0.1) is 6.54 Å². The lowest BCUT2D eigenvalue weighted by Gasteiger charge is -2.10. The molecular weight excluding hydrogens is 368 g/mol. The largest absolute Gasteiger partial charge is 0.376 e. The van der Waals surface area contributed by atoms with Crippen molar-refractivity contribution in [1.82, 2.24) is 5.32 Å². The predicted molar refractivity (Wildman–Crippen MR) is 116 cm³/mol. The first-order valence-electron chi connectivity index (χ1n) is 9.83. The first kappa shape index (κ1) is 21.9. The van der Waals surface area contributed by atoms with E-state index in [1.165, 1.54) is 0 Å². The lowest BCUT2D eigenvalue weighted by Crippen LogP contribution is -2.24. The van der Waals surface area contributed by atoms with E-state index in [4.69, 9.17) is 0 Å². The number of benzene rings is 2. The zero-order chi connectivity index (χ0) is 21.1. The van der Waals surface area contributed by atoms with Gasteiger partial charge >= 0.3 is 0 Å². The van der Waals surface area contributed by atoms with Gasteiger partial charge in [-0.3, -0.25) is 14.4 Å². The molecule has 2 aromatic rings. The molecule has 7 nitrogen and oxygen atoms in total. The Balaban J connectivity index is 1.79. The second-order valence-electron chi connectivity index (χ2n) is 6.61. The molecule has 0 fully saturated rings. The molecule has 2 aromatic carbocycles. The highest BCUT2D eigenvalue weighted by Gasteiger charge is 2.06. The van der Waals surface area contributed by atoms with E-state index >= 15 is 0 Å². The van der Waals surface area contributed by atoms with Crippen molar-refractivity contribution in [2.24, 2.45) is 0 Å². The molecule has 7 heteroatoms. The summed E-state index contributed by atoms with van der Waals surface area (Å²) >= 11 is 0. The Morgan fingerprint density at radius 3 is 1.86 bits per heavy atom. The molecule has 4 N–H and O–H groups in total. The van der Waals surface area contributed by atoms with Gasteiger partial charge in [0.1, 0.15) is 0 Å². The summed E-state index contributed by atoms with van der Waals surface area (Å²) in [6.07, 6.45) is 2.17. The van der Waals surface area contributed by atoms with Crippen LogP contribution in [0, 0.1) is 0 Å². The second kappa shape index (κ2) is 11.5. The average Bonchev–Trinajstić information content (AvgIpc) is 2.72. The molecule has 154 valence electrons. The zero-order valence-corrected chi connectivity index (χ0v) is 16.9. The standard InChI is InChI=1S/C22H28N4O3/c1-3-5-20(27)25-19-12-10-17(11-13-19)24-15-21(28)26-18-8-6-16(7-9-18)22(29)23-14-4-2/h6-13,24H,3-5,14-15H2,1-2H3,(H,23,29)(H,25,27)(H,26,28). The van der Waals surface area contributed by atoms with Crippen LogP contribution in [0.5, 0.6) is 0 Å². The number of carbonyl (C=O) groups excluding carboxylic acids is 3. The van der Waals surface area contributed by atoms with Crippen molar-refractivity contribution in [2.45, 2.75) is 33.1 Å². The van der Waals surface area contributed by atoms with Gasteiger partial charge in [-0.05, 0) is 61.4 Å². The molecule has 0 saturated carbocycles. The van der Waals surface area contributed by atoms with Gasteiger partial charge in [0.15, 0.2) is 0 Å². The minimum Gasteiger partial charge on any atom is -0.376 e. The summed E-state index contributed by atoms with van der Waals surface area (Å²) in [5.74, 6) is -0.337. The predicted octanol–water partition coefficient (Wildman–Crippen LogP) is 3.62. The molecule has 0 aliphatic heterocycles. The van der Waals surface area contributed by atoms with Crippen molar-refractivity contribution in [3.05, 3.63) is 54.1 Å². The molecule has 0 heterocycles. The average molecular weight is 396 g/mol. The van der Waals surface area contributed by atoms with Crippen LogP contribution in [-0.4, -0.2) is 30.8 Å². The lowest BCUT2D eigenvalue weighted by atomic mass is 10.2. The Bertz CT molecular complexity index is 817. The fourth-order valence-electron chi connectivity index (χ4n) is 2.56. The number of amides is 3. The highest BCUT2D eigenvalue weighted by atomic mass is 16.2. The molecule has 0 saturated heterocycles. The maximum absolute atomic E-state index is 12.1. The van der Waals surface area contributed by atoms with Gasteiger partial charge in [-0.15, -0.1) is 0 Å². The zero-order valence-electron chi connectivity index (χ0n) is 16.9. The molecule has 0 radical (unpaired) electrons. The molecule has 2 rings (SSSR count). The van der Waals surface area contributed by atoms with Gasteiger partial charge in [-0.2, -0.15) is 0 Å². The number of hydrogen-bond donors (Lipinski definition) is 4. The van der Waals surface area contributed by atoms with Crippen LogP contribution in [0.1, 0.15) is 43.5 Å². The molecule has 0 unspecified atom stereocenters. The van der Waals surface area contributed by atoms with Crippen LogP contribution < -0.4 is 21.3 Å². The molecule has 0 aromatic heterocycles. The summed E-state index contributed by atoms with van der Waals surface area (Å²) in [6.45, 7) is 4.68.